The van der Waals surface area contributed by atoms with E-state index in [9.17, 15) is 0 Å². The van der Waals surface area contributed by atoms with Crippen LogP contribution in [0.3, 0.4) is 0 Å². The average molecular weight is 89.2 g/mol. The zero-order valence-corrected chi connectivity index (χ0v) is 4.08. The molecule has 0 unspecified atom stereocenters. The van der Waals surface area contributed by atoms with Crippen molar-refractivity contribution in [3.63, 3.8) is 0 Å². The lowest BCUT2D eigenvalue weighted by atomic mass is 10.4. The maximum atomic E-state index is 3.03. The van der Waals surface area contributed by atoms with Gasteiger partial charge >= 0.3 is 0 Å². The van der Waals surface area contributed by atoms with Crippen LogP contribution in [0.1, 0.15) is 21.3 Å². The van der Waals surface area contributed by atoms with Gasteiger partial charge in [0, 0.05) is 6.04 Å². The Morgan fingerprint density at radius 2 is 1.50 bits per heavy atom. The van der Waals surface area contributed by atoms with Gasteiger partial charge in [0.2, 0.25) is 0 Å². The van der Waals surface area contributed by atoms with E-state index in [1.807, 2.05) is 7.05 Å². The highest BCUT2D eigenvalue weighted by Crippen LogP contribution is 1.66. The zero-order chi connectivity index (χ0) is 4.28. The van der Waals surface area contributed by atoms with Gasteiger partial charge in [-0.15, -0.1) is 0 Å². The summed E-state index contributed by atoms with van der Waals surface area (Å²) in [6.07, 6.45) is 0. The molecule has 0 aliphatic heterocycles. The quantitative estimate of drug-likeness (QED) is 0.510. The predicted octanol–water partition coefficient (Wildman–Crippen LogP) is 1.25. The summed E-state index contributed by atoms with van der Waals surface area (Å²) in [5.74, 6) is 0. The van der Waals surface area contributed by atoms with Gasteiger partial charge in [0.1, 0.15) is 0 Å². The van der Waals surface area contributed by atoms with Crippen LogP contribution >= 0.6 is 0 Å². The maximum absolute atomic E-state index is 3.03. The van der Waals surface area contributed by atoms with Crippen molar-refractivity contribution in [2.45, 2.75) is 27.3 Å². The predicted molar refractivity (Wildman–Crippen MR) is 30.9 cm³/mol. The molecule has 0 amide bonds. The van der Waals surface area contributed by atoms with E-state index in [0.717, 1.165) is 0 Å². The summed E-state index contributed by atoms with van der Waals surface area (Å²) < 4.78 is 0. The van der Waals surface area contributed by atoms with Gasteiger partial charge in [-0.05, 0) is 7.05 Å². The minimum atomic E-state index is 0. The van der Waals surface area contributed by atoms with E-state index in [0.29, 0.717) is 6.04 Å². The minimum absolute atomic E-state index is 0. The first-order valence-electron chi connectivity index (χ1n) is 1.94. The number of rotatable bonds is 1. The van der Waals surface area contributed by atoms with E-state index in [-0.39, 0.29) is 7.43 Å². The van der Waals surface area contributed by atoms with Crippen molar-refractivity contribution in [3.8, 4) is 0 Å². The second-order valence-electron chi connectivity index (χ2n) is 1.44. The van der Waals surface area contributed by atoms with E-state index in [1.165, 1.54) is 0 Å². The molecule has 0 heterocycles. The first-order chi connectivity index (χ1) is 2.27. The Morgan fingerprint density at radius 1 is 1.33 bits per heavy atom. The Hall–Kier alpha value is -0.0400. The van der Waals surface area contributed by atoms with Crippen LogP contribution < -0.4 is 5.32 Å². The van der Waals surface area contributed by atoms with Gasteiger partial charge in [-0.2, -0.15) is 0 Å². The van der Waals surface area contributed by atoms with Gasteiger partial charge in [0.25, 0.3) is 0 Å². The van der Waals surface area contributed by atoms with E-state index in [2.05, 4.69) is 19.2 Å². The molecule has 0 spiro atoms. The summed E-state index contributed by atoms with van der Waals surface area (Å²) in [4.78, 5) is 0. The van der Waals surface area contributed by atoms with Gasteiger partial charge in [-0.1, -0.05) is 21.3 Å². The van der Waals surface area contributed by atoms with Gasteiger partial charge in [0.05, 0.1) is 0 Å². The van der Waals surface area contributed by atoms with Crippen LogP contribution in [0.5, 0.6) is 0 Å². The van der Waals surface area contributed by atoms with Crippen molar-refractivity contribution < 1.29 is 0 Å². The second kappa shape index (κ2) is 4.96. The highest BCUT2D eigenvalue weighted by atomic mass is 14.8. The Labute approximate surface area is 40.8 Å². The standard InChI is InChI=1S/C4H11N.CH4/c1-4(2)5-3;/h4-5H,1-3H3;1H4. The largest absolute Gasteiger partial charge is 0.318 e. The normalized spacial score (nSPS) is 8.00. The van der Waals surface area contributed by atoms with Gasteiger partial charge in [-0.25, -0.2) is 0 Å². The van der Waals surface area contributed by atoms with Crippen molar-refractivity contribution in [1.82, 2.24) is 5.32 Å². The summed E-state index contributed by atoms with van der Waals surface area (Å²) >= 11 is 0. The molecule has 0 aliphatic rings. The molecule has 6 heavy (non-hydrogen) atoms. The molecule has 0 saturated heterocycles. The van der Waals surface area contributed by atoms with Crippen molar-refractivity contribution in [3.05, 3.63) is 0 Å². The third-order valence-corrected chi connectivity index (χ3v) is 0.577. The van der Waals surface area contributed by atoms with E-state index in [4.69, 9.17) is 0 Å². The number of nitrogens with one attached hydrogen (secondary N) is 1. The van der Waals surface area contributed by atoms with Gasteiger partial charge in [-0.3, -0.25) is 0 Å². The molecule has 0 aromatic rings. The molecule has 0 bridgehead atoms. The molecule has 0 radical (unpaired) electrons. The lowest BCUT2D eigenvalue weighted by Gasteiger charge is -1.95. The lowest BCUT2D eigenvalue weighted by molar-refractivity contribution is 0.668. The molecule has 1 N–H and O–H groups in total. The van der Waals surface area contributed by atoms with Crippen LogP contribution in [0.4, 0.5) is 0 Å². The highest BCUT2D eigenvalue weighted by molar-refractivity contribution is 4.40. The van der Waals surface area contributed by atoms with Crippen LogP contribution in [0, 0.1) is 0 Å². The summed E-state index contributed by atoms with van der Waals surface area (Å²) in [7, 11) is 1.95. The lowest BCUT2D eigenvalue weighted by Crippen LogP contribution is -2.15. The van der Waals surface area contributed by atoms with Crippen LogP contribution in [0.2, 0.25) is 0 Å². The van der Waals surface area contributed by atoms with Crippen LogP contribution in [0.25, 0.3) is 0 Å². The van der Waals surface area contributed by atoms with Crippen molar-refractivity contribution in [2.75, 3.05) is 7.05 Å². The monoisotopic (exact) mass is 89.1 g/mol. The summed E-state index contributed by atoms with van der Waals surface area (Å²) in [5.41, 5.74) is 0. The zero-order valence-electron chi connectivity index (χ0n) is 4.08. The molecule has 40 valence electrons. The minimum Gasteiger partial charge on any atom is -0.318 e. The smallest absolute Gasteiger partial charge is 0.000733 e. The van der Waals surface area contributed by atoms with Crippen molar-refractivity contribution >= 4 is 0 Å². The van der Waals surface area contributed by atoms with Gasteiger partial charge in [0.15, 0.2) is 0 Å². The Kier molecular flexibility index (Phi) is 7.73. The summed E-state index contributed by atoms with van der Waals surface area (Å²) in [5, 5.41) is 3.03. The fourth-order valence-corrected chi connectivity index (χ4v) is 0. The third-order valence-electron chi connectivity index (χ3n) is 0.577. The molecule has 0 aliphatic carbocycles. The number of hydrogen-bond acceptors (Lipinski definition) is 1. The van der Waals surface area contributed by atoms with E-state index >= 15 is 0 Å². The fraction of sp³-hybridized carbons (Fsp3) is 1.00. The molecular weight excluding hydrogens is 74.1 g/mol. The maximum Gasteiger partial charge on any atom is 0.000733 e. The Bertz CT molecular complexity index is 17.9. The van der Waals surface area contributed by atoms with Crippen LogP contribution in [0.15, 0.2) is 0 Å². The molecule has 0 fully saturated rings. The molecule has 0 rings (SSSR count). The summed E-state index contributed by atoms with van der Waals surface area (Å²) in [6, 6.07) is 0.634. The van der Waals surface area contributed by atoms with E-state index in [1.54, 1.807) is 0 Å². The Balaban J connectivity index is 0. The molecule has 0 aromatic carbocycles. The fourth-order valence-electron chi connectivity index (χ4n) is 0. The van der Waals surface area contributed by atoms with Crippen LogP contribution in [-0.2, 0) is 0 Å². The molecule has 0 atom stereocenters. The molecule has 0 aromatic heterocycles. The second-order valence-corrected chi connectivity index (χ2v) is 1.44. The van der Waals surface area contributed by atoms with Crippen molar-refractivity contribution in [2.24, 2.45) is 0 Å². The highest BCUT2D eigenvalue weighted by Gasteiger charge is 1.76. The topological polar surface area (TPSA) is 12.0 Å². The first-order valence-corrected chi connectivity index (χ1v) is 1.94. The molecule has 0 saturated carbocycles. The molecular formula is C5H15N. The molecule has 1 heteroatoms. The SMILES string of the molecule is C.CNC(C)C. The van der Waals surface area contributed by atoms with Gasteiger partial charge < -0.3 is 5.32 Å². The first kappa shape index (κ1) is 9.35. The van der Waals surface area contributed by atoms with E-state index < -0.39 is 0 Å². The Morgan fingerprint density at radius 3 is 1.50 bits per heavy atom. The van der Waals surface area contributed by atoms with Crippen LogP contribution in [-0.4, -0.2) is 13.1 Å². The average Bonchev–Trinajstić information content (AvgIpc) is 1.38. The summed E-state index contributed by atoms with van der Waals surface area (Å²) in [6.45, 7) is 4.22. The van der Waals surface area contributed by atoms with Crippen molar-refractivity contribution in [1.29, 1.82) is 0 Å². The third kappa shape index (κ3) is 9.03. The molecule has 1 nitrogen and oxygen atoms in total. The number of hydrogen-bond donors (Lipinski definition) is 1.